The topological polar surface area (TPSA) is 84.2 Å². The standard InChI is InChI=1S/C21H23N5O2/c1-15-18(25-21(28-15)16-6-3-2-4-7-16)12-20(27)24-17-8-5-11-26(14-17)19-13-22-9-10-23-19/h2-4,6-7,9-10,13,17H,5,8,11-12,14H2,1H3,(H,24,27). The summed E-state index contributed by atoms with van der Waals surface area (Å²) in [5.74, 6) is 2.04. The van der Waals surface area contributed by atoms with Gasteiger partial charge in [0.05, 0.1) is 18.3 Å². The van der Waals surface area contributed by atoms with Crippen LogP contribution in [0.4, 0.5) is 5.82 Å². The number of oxazole rings is 1. The fourth-order valence-electron chi connectivity index (χ4n) is 3.48. The van der Waals surface area contributed by atoms with E-state index in [2.05, 4.69) is 25.2 Å². The molecule has 1 unspecified atom stereocenters. The molecule has 144 valence electrons. The van der Waals surface area contributed by atoms with Crippen molar-refractivity contribution in [1.82, 2.24) is 20.3 Å². The number of aromatic nitrogens is 3. The van der Waals surface area contributed by atoms with Crippen LogP contribution in [0.2, 0.25) is 0 Å². The Morgan fingerprint density at radius 2 is 2.14 bits per heavy atom. The van der Waals surface area contributed by atoms with Crippen LogP contribution < -0.4 is 10.2 Å². The molecule has 0 saturated carbocycles. The molecule has 1 aliphatic rings. The predicted molar refractivity (Wildman–Crippen MR) is 106 cm³/mol. The van der Waals surface area contributed by atoms with Crippen LogP contribution in [0, 0.1) is 6.92 Å². The van der Waals surface area contributed by atoms with Gasteiger partial charge in [-0.05, 0) is 31.9 Å². The van der Waals surface area contributed by atoms with Crippen molar-refractivity contribution in [2.45, 2.75) is 32.2 Å². The average Bonchev–Trinajstić information content (AvgIpc) is 3.10. The largest absolute Gasteiger partial charge is 0.441 e. The summed E-state index contributed by atoms with van der Waals surface area (Å²) in [6, 6.07) is 9.79. The van der Waals surface area contributed by atoms with Crippen LogP contribution in [0.1, 0.15) is 24.3 Å². The lowest BCUT2D eigenvalue weighted by Crippen LogP contribution is -2.48. The highest BCUT2D eigenvalue weighted by molar-refractivity contribution is 5.79. The third kappa shape index (κ3) is 4.19. The first-order valence-electron chi connectivity index (χ1n) is 9.51. The summed E-state index contributed by atoms with van der Waals surface area (Å²) in [5, 5.41) is 3.13. The maximum Gasteiger partial charge on any atom is 0.226 e. The zero-order chi connectivity index (χ0) is 19.3. The molecule has 0 radical (unpaired) electrons. The van der Waals surface area contributed by atoms with Crippen molar-refractivity contribution < 1.29 is 9.21 Å². The molecule has 1 saturated heterocycles. The molecular weight excluding hydrogens is 354 g/mol. The molecule has 4 rings (SSSR count). The number of anilines is 1. The Bertz CT molecular complexity index is 926. The fraction of sp³-hybridized carbons (Fsp3) is 0.333. The minimum Gasteiger partial charge on any atom is -0.441 e. The Hall–Kier alpha value is -3.22. The Labute approximate surface area is 163 Å². The average molecular weight is 377 g/mol. The molecule has 7 nitrogen and oxygen atoms in total. The monoisotopic (exact) mass is 377 g/mol. The summed E-state index contributed by atoms with van der Waals surface area (Å²) in [4.78, 5) is 27.7. The van der Waals surface area contributed by atoms with E-state index >= 15 is 0 Å². The summed E-state index contributed by atoms with van der Waals surface area (Å²) >= 11 is 0. The van der Waals surface area contributed by atoms with Gasteiger partial charge in [0.2, 0.25) is 11.8 Å². The van der Waals surface area contributed by atoms with Gasteiger partial charge in [-0.3, -0.25) is 9.78 Å². The van der Waals surface area contributed by atoms with Crippen LogP contribution in [-0.4, -0.2) is 40.0 Å². The summed E-state index contributed by atoms with van der Waals surface area (Å²) < 4.78 is 5.75. The number of hydrogen-bond acceptors (Lipinski definition) is 6. The van der Waals surface area contributed by atoms with Crippen molar-refractivity contribution in [2.24, 2.45) is 0 Å². The van der Waals surface area contributed by atoms with E-state index in [4.69, 9.17) is 4.42 Å². The first-order chi connectivity index (χ1) is 13.7. The smallest absolute Gasteiger partial charge is 0.226 e. The molecule has 0 bridgehead atoms. The highest BCUT2D eigenvalue weighted by Gasteiger charge is 2.23. The molecule has 1 N–H and O–H groups in total. The summed E-state index contributed by atoms with van der Waals surface area (Å²) in [7, 11) is 0. The molecule has 1 amide bonds. The van der Waals surface area contributed by atoms with Gasteiger partial charge >= 0.3 is 0 Å². The van der Waals surface area contributed by atoms with Crippen molar-refractivity contribution in [3.63, 3.8) is 0 Å². The summed E-state index contributed by atoms with van der Waals surface area (Å²) in [6.07, 6.45) is 7.28. The van der Waals surface area contributed by atoms with Crippen LogP contribution >= 0.6 is 0 Å². The zero-order valence-electron chi connectivity index (χ0n) is 15.8. The van der Waals surface area contributed by atoms with Crippen molar-refractivity contribution in [1.29, 1.82) is 0 Å². The van der Waals surface area contributed by atoms with E-state index < -0.39 is 0 Å². The first-order valence-corrected chi connectivity index (χ1v) is 9.51. The van der Waals surface area contributed by atoms with Crippen LogP contribution in [0.3, 0.4) is 0 Å². The number of carbonyl (C=O) groups excluding carboxylic acids is 1. The van der Waals surface area contributed by atoms with Gasteiger partial charge in [-0.25, -0.2) is 9.97 Å². The normalized spacial score (nSPS) is 16.8. The Kier molecular flexibility index (Phi) is 5.32. The van der Waals surface area contributed by atoms with E-state index in [9.17, 15) is 4.79 Å². The number of aryl methyl sites for hydroxylation is 1. The van der Waals surface area contributed by atoms with Gasteiger partial charge in [-0.15, -0.1) is 0 Å². The number of nitrogens with one attached hydrogen (secondary N) is 1. The van der Waals surface area contributed by atoms with Crippen molar-refractivity contribution in [3.8, 4) is 11.5 Å². The van der Waals surface area contributed by atoms with Crippen molar-refractivity contribution in [3.05, 3.63) is 60.4 Å². The zero-order valence-corrected chi connectivity index (χ0v) is 15.8. The summed E-state index contributed by atoms with van der Waals surface area (Å²) in [6.45, 7) is 3.50. The van der Waals surface area contributed by atoms with Gasteiger partial charge in [0.1, 0.15) is 11.6 Å². The van der Waals surface area contributed by atoms with E-state index in [0.29, 0.717) is 17.3 Å². The SMILES string of the molecule is Cc1oc(-c2ccccc2)nc1CC(=O)NC1CCCN(c2cnccn2)C1. The van der Waals surface area contributed by atoms with Crippen molar-refractivity contribution >= 4 is 11.7 Å². The molecule has 1 fully saturated rings. The van der Waals surface area contributed by atoms with Gasteiger partial charge in [-0.2, -0.15) is 0 Å². The molecule has 0 spiro atoms. The van der Waals surface area contributed by atoms with E-state index in [1.54, 1.807) is 18.6 Å². The van der Waals surface area contributed by atoms with Gasteiger partial charge in [0, 0.05) is 37.1 Å². The van der Waals surface area contributed by atoms with Gasteiger partial charge < -0.3 is 14.6 Å². The number of hydrogen-bond donors (Lipinski definition) is 1. The summed E-state index contributed by atoms with van der Waals surface area (Å²) in [5.41, 5.74) is 1.59. The number of nitrogens with zero attached hydrogens (tertiary/aromatic N) is 4. The fourth-order valence-corrected chi connectivity index (χ4v) is 3.48. The molecule has 2 aromatic heterocycles. The Morgan fingerprint density at radius 1 is 1.29 bits per heavy atom. The number of piperidine rings is 1. The molecule has 0 aliphatic carbocycles. The maximum atomic E-state index is 12.6. The number of benzene rings is 1. The first kappa shape index (κ1) is 18.2. The van der Waals surface area contributed by atoms with E-state index in [1.807, 2.05) is 37.3 Å². The van der Waals surface area contributed by atoms with E-state index in [-0.39, 0.29) is 18.4 Å². The Balaban J connectivity index is 1.37. The second kappa shape index (κ2) is 8.21. The molecule has 1 aliphatic heterocycles. The van der Waals surface area contributed by atoms with Gasteiger partial charge in [-0.1, -0.05) is 18.2 Å². The molecule has 7 heteroatoms. The van der Waals surface area contributed by atoms with Gasteiger partial charge in [0.25, 0.3) is 0 Å². The highest BCUT2D eigenvalue weighted by Crippen LogP contribution is 2.22. The molecule has 3 aromatic rings. The number of carbonyl (C=O) groups is 1. The quantitative estimate of drug-likeness (QED) is 0.736. The molecule has 1 aromatic carbocycles. The van der Waals surface area contributed by atoms with Crippen LogP contribution in [0.5, 0.6) is 0 Å². The second-order valence-electron chi connectivity index (χ2n) is 6.98. The molecule has 1 atom stereocenters. The molecule has 28 heavy (non-hydrogen) atoms. The second-order valence-corrected chi connectivity index (χ2v) is 6.98. The third-order valence-electron chi connectivity index (χ3n) is 4.90. The minimum absolute atomic E-state index is 0.0398. The number of amides is 1. The highest BCUT2D eigenvalue weighted by atomic mass is 16.4. The molecule has 3 heterocycles. The van der Waals surface area contributed by atoms with Crippen LogP contribution in [0.15, 0.2) is 53.3 Å². The predicted octanol–water partition coefficient (Wildman–Crippen LogP) is 2.77. The minimum atomic E-state index is -0.0398. The lowest BCUT2D eigenvalue weighted by molar-refractivity contribution is -0.121. The molecular formula is C21H23N5O2. The van der Waals surface area contributed by atoms with Crippen LogP contribution in [0.25, 0.3) is 11.5 Å². The Morgan fingerprint density at radius 3 is 2.93 bits per heavy atom. The maximum absolute atomic E-state index is 12.6. The van der Waals surface area contributed by atoms with E-state index in [0.717, 1.165) is 37.3 Å². The van der Waals surface area contributed by atoms with Crippen LogP contribution in [-0.2, 0) is 11.2 Å². The van der Waals surface area contributed by atoms with Crippen molar-refractivity contribution in [2.75, 3.05) is 18.0 Å². The van der Waals surface area contributed by atoms with Gasteiger partial charge in [0.15, 0.2) is 0 Å². The third-order valence-corrected chi connectivity index (χ3v) is 4.90. The lowest BCUT2D eigenvalue weighted by atomic mass is 10.1. The van der Waals surface area contributed by atoms with E-state index in [1.165, 1.54) is 0 Å². The number of rotatable bonds is 5. The lowest BCUT2D eigenvalue weighted by Gasteiger charge is -2.33.